The van der Waals surface area contributed by atoms with E-state index in [-0.39, 0.29) is 0 Å². The first-order valence-corrected chi connectivity index (χ1v) is 6.41. The lowest BCUT2D eigenvalue weighted by Crippen LogP contribution is -1.86. The molecule has 90 valence electrons. The molecule has 0 radical (unpaired) electrons. The molecule has 0 amide bonds. The zero-order chi connectivity index (χ0) is 12.3. The van der Waals surface area contributed by atoms with Crippen LogP contribution in [0.2, 0.25) is 0 Å². The van der Waals surface area contributed by atoms with E-state index < -0.39 is 0 Å². The first-order chi connectivity index (χ1) is 8.27. The molecule has 1 aromatic heterocycles. The smallest absolute Gasteiger partial charge is 0.0956 e. The van der Waals surface area contributed by atoms with Crippen molar-refractivity contribution in [3.63, 3.8) is 0 Å². The van der Waals surface area contributed by atoms with Crippen molar-refractivity contribution in [2.45, 2.75) is 40.0 Å². The predicted molar refractivity (Wildman–Crippen MR) is 74.0 cm³/mol. The first-order valence-electron chi connectivity index (χ1n) is 6.41. The number of fused-ring (bicyclic) bond motifs is 1. The van der Waals surface area contributed by atoms with E-state index in [1.807, 2.05) is 0 Å². The molecular weight excluding hydrogens is 208 g/mol. The molecule has 2 aromatic rings. The topological polar surface area (TPSA) is 28.7 Å². The van der Waals surface area contributed by atoms with Crippen molar-refractivity contribution >= 4 is 16.5 Å². The maximum atomic E-state index is 4.44. The number of aromatic amines is 1. The van der Waals surface area contributed by atoms with Crippen molar-refractivity contribution in [2.75, 3.05) is 0 Å². The molecule has 0 spiro atoms. The number of aryl methyl sites for hydroxylation is 1. The van der Waals surface area contributed by atoms with Gasteiger partial charge in [0.1, 0.15) is 0 Å². The van der Waals surface area contributed by atoms with Crippen LogP contribution in [0.15, 0.2) is 24.3 Å². The number of H-pyrrole nitrogens is 1. The van der Waals surface area contributed by atoms with Crippen LogP contribution >= 0.6 is 0 Å². The van der Waals surface area contributed by atoms with Crippen molar-refractivity contribution in [1.82, 2.24) is 10.2 Å². The van der Waals surface area contributed by atoms with Crippen molar-refractivity contribution < 1.29 is 0 Å². The van der Waals surface area contributed by atoms with E-state index >= 15 is 0 Å². The molecule has 0 aliphatic carbocycles. The van der Waals surface area contributed by atoms with Gasteiger partial charge in [-0.1, -0.05) is 44.5 Å². The normalized spacial score (nSPS) is 12.3. The maximum Gasteiger partial charge on any atom is 0.0956 e. The van der Waals surface area contributed by atoms with Gasteiger partial charge in [0, 0.05) is 5.39 Å². The van der Waals surface area contributed by atoms with E-state index in [1.54, 1.807) is 0 Å². The van der Waals surface area contributed by atoms with Crippen LogP contribution in [0.5, 0.6) is 0 Å². The highest BCUT2D eigenvalue weighted by atomic mass is 15.1. The molecule has 2 nitrogen and oxygen atoms in total. The lowest BCUT2D eigenvalue weighted by molar-refractivity contribution is 0.954. The van der Waals surface area contributed by atoms with E-state index in [2.05, 4.69) is 55.2 Å². The third kappa shape index (κ3) is 2.26. The van der Waals surface area contributed by atoms with E-state index in [0.717, 1.165) is 24.8 Å². The molecule has 2 rings (SSSR count). The number of benzene rings is 1. The highest BCUT2D eigenvalue weighted by molar-refractivity contribution is 5.91. The molecular formula is C15H20N2. The highest BCUT2D eigenvalue weighted by Gasteiger charge is 2.10. The van der Waals surface area contributed by atoms with Crippen LogP contribution < -0.4 is 0 Å². The Hall–Kier alpha value is -1.57. The molecule has 0 aliphatic heterocycles. The number of rotatable bonds is 4. The third-order valence-electron chi connectivity index (χ3n) is 3.08. The van der Waals surface area contributed by atoms with Gasteiger partial charge in [0.25, 0.3) is 0 Å². The van der Waals surface area contributed by atoms with E-state index in [9.17, 15) is 0 Å². The number of allylic oxidation sites excluding steroid dienone is 2. The van der Waals surface area contributed by atoms with Crippen LogP contribution in [0, 0.1) is 6.92 Å². The fourth-order valence-corrected chi connectivity index (χ4v) is 2.27. The molecule has 1 N–H and O–H groups in total. The Balaban J connectivity index is 2.54. The van der Waals surface area contributed by atoms with Gasteiger partial charge in [-0.3, -0.25) is 5.10 Å². The van der Waals surface area contributed by atoms with Crippen molar-refractivity contribution in [3.8, 4) is 0 Å². The summed E-state index contributed by atoms with van der Waals surface area (Å²) in [7, 11) is 0. The van der Waals surface area contributed by atoms with Gasteiger partial charge in [-0.2, -0.15) is 5.10 Å². The van der Waals surface area contributed by atoms with Crippen LogP contribution in [-0.4, -0.2) is 10.2 Å². The molecule has 2 heteroatoms. The predicted octanol–water partition coefficient (Wildman–Crippen LogP) is 4.46. The summed E-state index contributed by atoms with van der Waals surface area (Å²) in [5.74, 6) is 0. The van der Waals surface area contributed by atoms with Gasteiger partial charge in [-0.05, 0) is 30.9 Å². The standard InChI is InChI=1S/C15H20N2/c1-4-7-12(8-5-2)15-13-10-6-9-11(3)14(13)16-17-15/h6-7,9-10H,4-5,8H2,1-3H3,(H,16,17)/b12-7+. The third-order valence-corrected chi connectivity index (χ3v) is 3.08. The number of nitrogens with zero attached hydrogens (tertiary/aromatic N) is 1. The summed E-state index contributed by atoms with van der Waals surface area (Å²) in [6.45, 7) is 6.50. The Morgan fingerprint density at radius 3 is 2.88 bits per heavy atom. The average Bonchev–Trinajstić information content (AvgIpc) is 2.74. The molecule has 0 aliphatic rings. The van der Waals surface area contributed by atoms with Crippen molar-refractivity contribution in [1.29, 1.82) is 0 Å². The number of aromatic nitrogens is 2. The molecule has 0 saturated carbocycles. The van der Waals surface area contributed by atoms with E-state index in [0.29, 0.717) is 0 Å². The zero-order valence-corrected chi connectivity index (χ0v) is 10.9. The summed E-state index contributed by atoms with van der Waals surface area (Å²) in [6, 6.07) is 6.36. The van der Waals surface area contributed by atoms with Gasteiger partial charge >= 0.3 is 0 Å². The van der Waals surface area contributed by atoms with Crippen LogP contribution in [0.3, 0.4) is 0 Å². The van der Waals surface area contributed by atoms with Gasteiger partial charge in [0.05, 0.1) is 11.2 Å². The van der Waals surface area contributed by atoms with Gasteiger partial charge in [-0.15, -0.1) is 0 Å². The summed E-state index contributed by atoms with van der Waals surface area (Å²) >= 11 is 0. The quantitative estimate of drug-likeness (QED) is 0.822. The Morgan fingerprint density at radius 1 is 1.35 bits per heavy atom. The molecule has 0 atom stereocenters. The van der Waals surface area contributed by atoms with Gasteiger partial charge in [0.2, 0.25) is 0 Å². The second kappa shape index (κ2) is 5.17. The van der Waals surface area contributed by atoms with E-state index in [4.69, 9.17) is 0 Å². The van der Waals surface area contributed by atoms with Crippen LogP contribution in [0.25, 0.3) is 16.5 Å². The fraction of sp³-hybridized carbons (Fsp3) is 0.400. The monoisotopic (exact) mass is 228 g/mol. The Labute approximate surface area is 103 Å². The lowest BCUT2D eigenvalue weighted by atomic mass is 10.0. The van der Waals surface area contributed by atoms with Crippen LogP contribution in [-0.2, 0) is 0 Å². The van der Waals surface area contributed by atoms with Crippen LogP contribution in [0.1, 0.15) is 44.4 Å². The van der Waals surface area contributed by atoms with Crippen molar-refractivity contribution in [2.24, 2.45) is 0 Å². The summed E-state index contributed by atoms with van der Waals surface area (Å²) in [4.78, 5) is 0. The minimum atomic E-state index is 1.07. The number of nitrogens with one attached hydrogen (secondary N) is 1. The Bertz CT molecular complexity index is 535. The van der Waals surface area contributed by atoms with Crippen LogP contribution in [0.4, 0.5) is 0 Å². The molecule has 1 aromatic carbocycles. The average molecular weight is 228 g/mol. The Morgan fingerprint density at radius 2 is 2.18 bits per heavy atom. The van der Waals surface area contributed by atoms with Gasteiger partial charge in [0.15, 0.2) is 0 Å². The fourth-order valence-electron chi connectivity index (χ4n) is 2.27. The lowest BCUT2D eigenvalue weighted by Gasteiger charge is -2.04. The largest absolute Gasteiger partial charge is 0.277 e. The molecule has 17 heavy (non-hydrogen) atoms. The number of hydrogen-bond acceptors (Lipinski definition) is 1. The molecule has 0 bridgehead atoms. The second-order valence-electron chi connectivity index (χ2n) is 4.46. The zero-order valence-electron chi connectivity index (χ0n) is 10.9. The number of hydrogen-bond donors (Lipinski definition) is 1. The minimum absolute atomic E-state index is 1.07. The minimum Gasteiger partial charge on any atom is -0.277 e. The second-order valence-corrected chi connectivity index (χ2v) is 4.46. The summed E-state index contributed by atoms with van der Waals surface area (Å²) in [5, 5.41) is 8.89. The molecule has 1 heterocycles. The highest BCUT2D eigenvalue weighted by Crippen LogP contribution is 2.27. The van der Waals surface area contributed by atoms with Gasteiger partial charge in [-0.25, -0.2) is 0 Å². The summed E-state index contributed by atoms with van der Waals surface area (Å²) in [6.07, 6.45) is 5.65. The molecule has 0 unspecified atom stereocenters. The van der Waals surface area contributed by atoms with Crippen molar-refractivity contribution in [3.05, 3.63) is 35.5 Å². The van der Waals surface area contributed by atoms with E-state index in [1.165, 1.54) is 22.2 Å². The molecule has 0 fully saturated rings. The Kier molecular flexibility index (Phi) is 3.62. The molecule has 0 saturated heterocycles. The summed E-state index contributed by atoms with van der Waals surface area (Å²) in [5.41, 5.74) is 4.92. The van der Waals surface area contributed by atoms with Gasteiger partial charge < -0.3 is 0 Å². The first kappa shape index (κ1) is 11.9. The summed E-state index contributed by atoms with van der Waals surface area (Å²) < 4.78 is 0. The SMILES string of the molecule is CC/C=C(\CCC)c1[nH]nc2c(C)cccc12. The number of para-hydroxylation sites is 1. The maximum absolute atomic E-state index is 4.44.